The van der Waals surface area contributed by atoms with Crippen molar-refractivity contribution in [2.45, 2.75) is 68.9 Å². The molecule has 7 atom stereocenters. The summed E-state index contributed by atoms with van der Waals surface area (Å²) >= 11 is 0. The van der Waals surface area contributed by atoms with E-state index in [1.165, 1.54) is 5.56 Å². The molecule has 7 heteroatoms. The first-order chi connectivity index (χ1) is 13.0. The zero-order chi connectivity index (χ0) is 19.4. The molecule has 2 fully saturated rings. The smallest absolute Gasteiger partial charge is 0.186 e. The molecular weight excluding hydrogens is 352 g/mol. The number of hydrogen-bond donors (Lipinski definition) is 4. The highest BCUT2D eigenvalue weighted by molar-refractivity contribution is 5.27. The summed E-state index contributed by atoms with van der Waals surface area (Å²) in [7, 11) is 1.64. The molecule has 3 rings (SSSR count). The van der Waals surface area contributed by atoms with Crippen molar-refractivity contribution in [2.24, 2.45) is 5.92 Å². The van der Waals surface area contributed by atoms with E-state index in [0.717, 1.165) is 37.9 Å². The van der Waals surface area contributed by atoms with Crippen LogP contribution < -0.4 is 4.74 Å². The van der Waals surface area contributed by atoms with Crippen LogP contribution in [0, 0.1) is 5.92 Å². The van der Waals surface area contributed by atoms with Crippen LogP contribution in [0.3, 0.4) is 0 Å². The SMILES string of the molecule is COc1ccc(C[C@@H]2CCCC[C@@H]2O[C@@H]2O[C@H](CO)[C@@H](O)[C@H](O)[C@H]2O)cc1. The molecule has 1 aliphatic carbocycles. The van der Waals surface area contributed by atoms with Gasteiger partial charge in [0.2, 0.25) is 0 Å². The molecule has 0 unspecified atom stereocenters. The number of aliphatic hydroxyl groups is 4. The maximum Gasteiger partial charge on any atom is 0.186 e. The van der Waals surface area contributed by atoms with E-state index in [9.17, 15) is 20.4 Å². The predicted molar refractivity (Wildman–Crippen MR) is 97.3 cm³/mol. The van der Waals surface area contributed by atoms with Crippen molar-refractivity contribution in [1.29, 1.82) is 0 Å². The van der Waals surface area contributed by atoms with E-state index < -0.39 is 37.3 Å². The number of hydrogen-bond acceptors (Lipinski definition) is 7. The monoisotopic (exact) mass is 382 g/mol. The lowest BCUT2D eigenvalue weighted by molar-refractivity contribution is -0.316. The maximum atomic E-state index is 10.2. The van der Waals surface area contributed by atoms with Crippen LogP contribution in [0.2, 0.25) is 0 Å². The molecule has 4 N–H and O–H groups in total. The second kappa shape index (κ2) is 9.32. The first-order valence-corrected chi connectivity index (χ1v) is 9.62. The average Bonchev–Trinajstić information content (AvgIpc) is 2.70. The van der Waals surface area contributed by atoms with Gasteiger partial charge in [-0.1, -0.05) is 25.0 Å². The van der Waals surface area contributed by atoms with Gasteiger partial charge in [0, 0.05) is 0 Å². The molecule has 1 aromatic rings. The van der Waals surface area contributed by atoms with Gasteiger partial charge in [-0.3, -0.25) is 0 Å². The maximum absolute atomic E-state index is 10.2. The third kappa shape index (κ3) is 4.80. The van der Waals surface area contributed by atoms with Crippen LogP contribution in [0.15, 0.2) is 24.3 Å². The summed E-state index contributed by atoms with van der Waals surface area (Å²) in [6.45, 7) is -0.454. The van der Waals surface area contributed by atoms with Crippen molar-refractivity contribution < 1.29 is 34.6 Å². The Labute approximate surface area is 159 Å². The molecule has 2 aliphatic rings. The molecule has 0 amide bonds. The van der Waals surface area contributed by atoms with Gasteiger partial charge in [-0.05, 0) is 42.9 Å². The Kier molecular flexibility index (Phi) is 7.08. The summed E-state index contributed by atoms with van der Waals surface area (Å²) in [5.74, 6) is 1.08. The van der Waals surface area contributed by atoms with E-state index in [1.807, 2.05) is 24.3 Å². The normalized spacial score (nSPS) is 37.1. The van der Waals surface area contributed by atoms with E-state index in [4.69, 9.17) is 14.2 Å². The van der Waals surface area contributed by atoms with Gasteiger partial charge in [0.1, 0.15) is 30.2 Å². The van der Waals surface area contributed by atoms with E-state index in [0.29, 0.717) is 0 Å². The molecule has 0 bridgehead atoms. The van der Waals surface area contributed by atoms with Gasteiger partial charge in [-0.15, -0.1) is 0 Å². The Morgan fingerprint density at radius 1 is 1.00 bits per heavy atom. The quantitative estimate of drug-likeness (QED) is 0.571. The zero-order valence-corrected chi connectivity index (χ0v) is 15.6. The zero-order valence-electron chi connectivity index (χ0n) is 15.6. The minimum atomic E-state index is -1.41. The van der Waals surface area contributed by atoms with Crippen molar-refractivity contribution in [1.82, 2.24) is 0 Å². The first-order valence-electron chi connectivity index (χ1n) is 9.62. The van der Waals surface area contributed by atoms with Gasteiger partial charge in [0.05, 0.1) is 19.8 Å². The predicted octanol–water partition coefficient (Wildman–Crippen LogP) is 0.613. The van der Waals surface area contributed by atoms with Gasteiger partial charge in [-0.2, -0.15) is 0 Å². The Morgan fingerprint density at radius 2 is 1.70 bits per heavy atom. The second-order valence-corrected chi connectivity index (χ2v) is 7.47. The van der Waals surface area contributed by atoms with Gasteiger partial charge < -0.3 is 34.6 Å². The molecule has 7 nitrogen and oxygen atoms in total. The van der Waals surface area contributed by atoms with Crippen LogP contribution in [-0.2, 0) is 15.9 Å². The molecule has 1 saturated heterocycles. The number of ether oxygens (including phenoxy) is 3. The lowest BCUT2D eigenvalue weighted by Crippen LogP contribution is -2.60. The number of rotatable bonds is 6. The molecule has 0 spiro atoms. The van der Waals surface area contributed by atoms with Crippen LogP contribution in [0.25, 0.3) is 0 Å². The van der Waals surface area contributed by atoms with Crippen LogP contribution in [0.1, 0.15) is 31.2 Å². The fourth-order valence-corrected chi connectivity index (χ4v) is 4.00. The number of methoxy groups -OCH3 is 1. The van der Waals surface area contributed by atoms with Gasteiger partial charge >= 0.3 is 0 Å². The third-order valence-corrected chi connectivity index (χ3v) is 5.65. The van der Waals surface area contributed by atoms with Crippen LogP contribution in [0.4, 0.5) is 0 Å². The molecule has 1 saturated carbocycles. The number of aliphatic hydroxyl groups excluding tert-OH is 4. The molecule has 0 radical (unpaired) electrons. The van der Waals surface area contributed by atoms with Crippen LogP contribution in [0.5, 0.6) is 5.75 Å². The molecule has 0 aromatic heterocycles. The van der Waals surface area contributed by atoms with Crippen molar-refractivity contribution in [3.05, 3.63) is 29.8 Å². The largest absolute Gasteiger partial charge is 0.497 e. The molecule has 152 valence electrons. The van der Waals surface area contributed by atoms with Crippen molar-refractivity contribution >= 4 is 0 Å². The molecule has 1 aliphatic heterocycles. The van der Waals surface area contributed by atoms with E-state index >= 15 is 0 Å². The molecule has 1 aromatic carbocycles. The topological polar surface area (TPSA) is 109 Å². The van der Waals surface area contributed by atoms with Crippen molar-refractivity contribution in [3.63, 3.8) is 0 Å². The van der Waals surface area contributed by atoms with Crippen molar-refractivity contribution in [3.8, 4) is 5.75 Å². The summed E-state index contributed by atoms with van der Waals surface area (Å²) in [6, 6.07) is 7.95. The van der Waals surface area contributed by atoms with Gasteiger partial charge in [-0.25, -0.2) is 0 Å². The Balaban J connectivity index is 1.65. The van der Waals surface area contributed by atoms with E-state index in [-0.39, 0.29) is 12.0 Å². The fraction of sp³-hybridized carbons (Fsp3) is 0.700. The lowest BCUT2D eigenvalue weighted by Gasteiger charge is -2.42. The molecule has 27 heavy (non-hydrogen) atoms. The fourth-order valence-electron chi connectivity index (χ4n) is 4.00. The molecule has 1 heterocycles. The van der Waals surface area contributed by atoms with Gasteiger partial charge in [0.15, 0.2) is 6.29 Å². The van der Waals surface area contributed by atoms with Crippen LogP contribution >= 0.6 is 0 Å². The first kappa shape index (κ1) is 20.5. The Morgan fingerprint density at radius 3 is 2.37 bits per heavy atom. The number of benzene rings is 1. The Hall–Kier alpha value is -1.22. The molecular formula is C20H30O7. The highest BCUT2D eigenvalue weighted by Gasteiger charge is 2.45. The minimum Gasteiger partial charge on any atom is -0.497 e. The standard InChI is InChI=1S/C20H30O7/c1-25-14-8-6-12(7-9-14)10-13-4-2-3-5-15(13)26-20-19(24)18(23)17(22)16(11-21)27-20/h6-9,13,15-24H,2-5,10-11H2,1H3/t13-,15-,16+,17+,18-,19+,20+/m0/s1. The van der Waals surface area contributed by atoms with Gasteiger partial charge in [0.25, 0.3) is 0 Å². The van der Waals surface area contributed by atoms with Crippen LogP contribution in [-0.4, -0.2) is 71.0 Å². The summed E-state index contributed by atoms with van der Waals surface area (Å²) in [4.78, 5) is 0. The Bertz CT molecular complexity index is 576. The summed E-state index contributed by atoms with van der Waals surface area (Å²) in [6.07, 6.45) is -1.43. The van der Waals surface area contributed by atoms with E-state index in [2.05, 4.69) is 0 Å². The highest BCUT2D eigenvalue weighted by Crippen LogP contribution is 2.33. The van der Waals surface area contributed by atoms with Crippen molar-refractivity contribution in [2.75, 3.05) is 13.7 Å². The highest BCUT2D eigenvalue weighted by atomic mass is 16.7. The summed E-state index contributed by atoms with van der Waals surface area (Å²) < 4.78 is 16.8. The lowest BCUT2D eigenvalue weighted by atomic mass is 9.82. The minimum absolute atomic E-state index is 0.123. The summed E-state index contributed by atoms with van der Waals surface area (Å²) in [5, 5.41) is 39.4. The third-order valence-electron chi connectivity index (χ3n) is 5.65. The summed E-state index contributed by atoms with van der Waals surface area (Å²) in [5.41, 5.74) is 1.19. The average molecular weight is 382 g/mol. The van der Waals surface area contributed by atoms with E-state index in [1.54, 1.807) is 7.11 Å². The second-order valence-electron chi connectivity index (χ2n) is 7.47.